The summed E-state index contributed by atoms with van der Waals surface area (Å²) in [5, 5.41) is 0. The summed E-state index contributed by atoms with van der Waals surface area (Å²) < 4.78 is 0. The van der Waals surface area contributed by atoms with Crippen LogP contribution in [0, 0.1) is 5.92 Å². The quantitative estimate of drug-likeness (QED) is 0.626. The molecule has 14 heavy (non-hydrogen) atoms. The highest BCUT2D eigenvalue weighted by Gasteiger charge is 2.32. The lowest BCUT2D eigenvalue weighted by Gasteiger charge is -2.30. The first-order chi connectivity index (χ1) is 6.68. The average Bonchev–Trinajstić information content (AvgIpc) is 2.48. The van der Waals surface area contributed by atoms with E-state index >= 15 is 0 Å². The highest BCUT2D eigenvalue weighted by atomic mass is 16.2. The minimum absolute atomic E-state index is 0.0630. The van der Waals surface area contributed by atoms with Crippen LogP contribution >= 0.6 is 0 Å². The molecule has 2 aliphatic rings. The van der Waals surface area contributed by atoms with Gasteiger partial charge in [-0.05, 0) is 18.8 Å². The minimum atomic E-state index is 0.0630. The third-order valence-corrected chi connectivity index (χ3v) is 3.23. The molecule has 0 bridgehead atoms. The van der Waals surface area contributed by atoms with E-state index in [0.717, 1.165) is 19.3 Å². The standard InChI is InChI=1S/C11H15NO2/c1-12-10(5-6-11(12)14)8-3-2-4-9(13)7-8/h5-6,8,10H,2-4,7H2,1H3. The molecule has 0 radical (unpaired) electrons. The van der Waals surface area contributed by atoms with Gasteiger partial charge in [0.1, 0.15) is 5.78 Å². The van der Waals surface area contributed by atoms with Crippen molar-refractivity contribution in [2.24, 2.45) is 5.92 Å². The van der Waals surface area contributed by atoms with Gasteiger partial charge in [-0.2, -0.15) is 0 Å². The number of carbonyl (C=O) groups is 2. The monoisotopic (exact) mass is 193 g/mol. The molecule has 3 heteroatoms. The molecule has 3 nitrogen and oxygen atoms in total. The fourth-order valence-corrected chi connectivity index (χ4v) is 2.40. The lowest BCUT2D eigenvalue weighted by Crippen LogP contribution is -2.37. The van der Waals surface area contributed by atoms with Crippen LogP contribution in [-0.4, -0.2) is 29.7 Å². The number of likely N-dealkylation sites (N-methyl/N-ethyl adjacent to an activating group) is 1. The van der Waals surface area contributed by atoms with Gasteiger partial charge in [0.05, 0.1) is 6.04 Å². The molecular weight excluding hydrogens is 178 g/mol. The number of amides is 1. The summed E-state index contributed by atoms with van der Waals surface area (Å²) in [6, 6.07) is 0.159. The Morgan fingerprint density at radius 3 is 2.79 bits per heavy atom. The molecule has 76 valence electrons. The van der Waals surface area contributed by atoms with E-state index in [1.807, 2.05) is 13.1 Å². The first kappa shape index (κ1) is 9.44. The molecular formula is C11H15NO2. The van der Waals surface area contributed by atoms with E-state index in [2.05, 4.69) is 0 Å². The molecule has 2 atom stereocenters. The van der Waals surface area contributed by atoms with Gasteiger partial charge in [0.15, 0.2) is 0 Å². The summed E-state index contributed by atoms with van der Waals surface area (Å²) in [5.74, 6) is 0.763. The number of Topliss-reactive ketones (excluding diaryl/α,β-unsaturated/α-hetero) is 1. The third-order valence-electron chi connectivity index (χ3n) is 3.23. The summed E-state index contributed by atoms with van der Waals surface area (Å²) in [4.78, 5) is 24.3. The fraction of sp³-hybridized carbons (Fsp3) is 0.636. The predicted octanol–water partition coefficient (Wildman–Crippen LogP) is 1.14. The van der Waals surface area contributed by atoms with E-state index in [9.17, 15) is 9.59 Å². The number of rotatable bonds is 1. The molecule has 2 rings (SSSR count). The van der Waals surface area contributed by atoms with Crippen LogP contribution in [0.25, 0.3) is 0 Å². The maximum Gasteiger partial charge on any atom is 0.246 e. The molecule has 1 amide bonds. The number of hydrogen-bond acceptors (Lipinski definition) is 2. The van der Waals surface area contributed by atoms with E-state index in [1.54, 1.807) is 11.0 Å². The summed E-state index contributed by atoms with van der Waals surface area (Å²) in [6.45, 7) is 0. The molecule has 2 unspecified atom stereocenters. The lowest BCUT2D eigenvalue weighted by atomic mass is 9.83. The second-order valence-electron chi connectivity index (χ2n) is 4.19. The zero-order valence-electron chi connectivity index (χ0n) is 8.40. The van der Waals surface area contributed by atoms with Crippen molar-refractivity contribution in [2.75, 3.05) is 7.05 Å². The van der Waals surface area contributed by atoms with Gasteiger partial charge in [-0.15, -0.1) is 0 Å². The number of nitrogens with zero attached hydrogens (tertiary/aromatic N) is 1. The molecule has 0 N–H and O–H groups in total. The molecule has 1 heterocycles. The largest absolute Gasteiger partial charge is 0.335 e. The second-order valence-corrected chi connectivity index (χ2v) is 4.19. The van der Waals surface area contributed by atoms with Crippen molar-refractivity contribution in [3.63, 3.8) is 0 Å². The molecule has 1 aliphatic carbocycles. The number of hydrogen-bond donors (Lipinski definition) is 0. The summed E-state index contributed by atoms with van der Waals surface area (Å²) >= 11 is 0. The summed E-state index contributed by atoms with van der Waals surface area (Å²) in [6.07, 6.45) is 6.97. The maximum absolute atomic E-state index is 11.3. The normalized spacial score (nSPS) is 32.8. The first-order valence-corrected chi connectivity index (χ1v) is 5.15. The molecule has 0 spiro atoms. The minimum Gasteiger partial charge on any atom is -0.335 e. The van der Waals surface area contributed by atoms with Gasteiger partial charge in [-0.3, -0.25) is 9.59 Å². The second kappa shape index (κ2) is 3.56. The molecule has 0 aromatic heterocycles. The van der Waals surface area contributed by atoms with Crippen molar-refractivity contribution in [3.8, 4) is 0 Å². The zero-order valence-corrected chi connectivity index (χ0v) is 8.40. The Balaban J connectivity index is 2.04. The Hall–Kier alpha value is -1.12. The molecule has 0 aromatic rings. The van der Waals surface area contributed by atoms with Crippen LogP contribution in [0.2, 0.25) is 0 Å². The smallest absolute Gasteiger partial charge is 0.246 e. The first-order valence-electron chi connectivity index (χ1n) is 5.15. The highest BCUT2D eigenvalue weighted by molar-refractivity contribution is 5.90. The van der Waals surface area contributed by atoms with Crippen LogP contribution in [0.15, 0.2) is 12.2 Å². The van der Waals surface area contributed by atoms with Crippen LogP contribution in [0.5, 0.6) is 0 Å². The Labute approximate surface area is 83.8 Å². The molecule has 1 fully saturated rings. The number of ketones is 1. The maximum atomic E-state index is 11.3. The van der Waals surface area contributed by atoms with Crippen molar-refractivity contribution < 1.29 is 9.59 Å². The molecule has 1 saturated carbocycles. The SMILES string of the molecule is CN1C(=O)C=CC1C1CCCC(=O)C1. The Bertz CT molecular complexity index is 296. The van der Waals surface area contributed by atoms with Crippen LogP contribution in [0.4, 0.5) is 0 Å². The van der Waals surface area contributed by atoms with Gasteiger partial charge in [-0.1, -0.05) is 6.08 Å². The molecule has 0 saturated heterocycles. The summed E-state index contributed by atoms with van der Waals surface area (Å²) in [5.41, 5.74) is 0. The van der Waals surface area contributed by atoms with Crippen molar-refractivity contribution in [3.05, 3.63) is 12.2 Å². The van der Waals surface area contributed by atoms with Gasteiger partial charge in [0.25, 0.3) is 0 Å². The van der Waals surface area contributed by atoms with Gasteiger partial charge >= 0.3 is 0 Å². The van der Waals surface area contributed by atoms with E-state index in [-0.39, 0.29) is 11.9 Å². The topological polar surface area (TPSA) is 37.4 Å². The van der Waals surface area contributed by atoms with Crippen LogP contribution in [0.3, 0.4) is 0 Å². The van der Waals surface area contributed by atoms with Gasteiger partial charge in [0.2, 0.25) is 5.91 Å². The molecule has 0 aromatic carbocycles. The Morgan fingerprint density at radius 1 is 1.43 bits per heavy atom. The Morgan fingerprint density at radius 2 is 2.21 bits per heavy atom. The lowest BCUT2D eigenvalue weighted by molar-refractivity contribution is -0.127. The van der Waals surface area contributed by atoms with Gasteiger partial charge < -0.3 is 4.90 Å². The Kier molecular flexibility index (Phi) is 2.40. The van der Waals surface area contributed by atoms with Gasteiger partial charge in [-0.25, -0.2) is 0 Å². The highest BCUT2D eigenvalue weighted by Crippen LogP contribution is 2.29. The zero-order chi connectivity index (χ0) is 10.1. The average molecular weight is 193 g/mol. The van der Waals surface area contributed by atoms with E-state index in [4.69, 9.17) is 0 Å². The fourth-order valence-electron chi connectivity index (χ4n) is 2.40. The van der Waals surface area contributed by atoms with Crippen LogP contribution < -0.4 is 0 Å². The van der Waals surface area contributed by atoms with Crippen LogP contribution in [-0.2, 0) is 9.59 Å². The van der Waals surface area contributed by atoms with Crippen molar-refractivity contribution >= 4 is 11.7 Å². The van der Waals surface area contributed by atoms with E-state index in [0.29, 0.717) is 18.1 Å². The third kappa shape index (κ3) is 1.59. The van der Waals surface area contributed by atoms with Gasteiger partial charge in [0, 0.05) is 26.0 Å². The predicted molar refractivity (Wildman–Crippen MR) is 52.7 cm³/mol. The van der Waals surface area contributed by atoms with E-state index in [1.165, 1.54) is 0 Å². The summed E-state index contributed by atoms with van der Waals surface area (Å²) in [7, 11) is 1.81. The van der Waals surface area contributed by atoms with E-state index < -0.39 is 0 Å². The number of carbonyl (C=O) groups excluding carboxylic acids is 2. The van der Waals surface area contributed by atoms with Crippen molar-refractivity contribution in [1.29, 1.82) is 0 Å². The molecule has 1 aliphatic heterocycles. The van der Waals surface area contributed by atoms with Crippen LogP contribution in [0.1, 0.15) is 25.7 Å². The van der Waals surface area contributed by atoms with Crippen molar-refractivity contribution in [1.82, 2.24) is 4.90 Å². The van der Waals surface area contributed by atoms with Crippen molar-refractivity contribution in [2.45, 2.75) is 31.7 Å².